The fourth-order valence-corrected chi connectivity index (χ4v) is 5.88. The van der Waals surface area contributed by atoms with Gasteiger partial charge in [0, 0.05) is 19.5 Å². The molecule has 0 spiro atoms. The molecule has 2 aliphatic rings. The second-order valence-electron chi connectivity index (χ2n) is 11.9. The lowest BCUT2D eigenvalue weighted by atomic mass is 9.90. The van der Waals surface area contributed by atoms with Crippen molar-refractivity contribution in [3.63, 3.8) is 0 Å². The monoisotopic (exact) mass is 660 g/mol. The average molecular weight is 661 g/mol. The maximum atomic E-state index is 14.0. The van der Waals surface area contributed by atoms with Gasteiger partial charge in [-0.25, -0.2) is 9.18 Å². The molecule has 0 aromatic heterocycles. The van der Waals surface area contributed by atoms with Crippen molar-refractivity contribution in [3.8, 4) is 0 Å². The number of benzene rings is 2. The molecule has 2 aromatic carbocycles. The van der Waals surface area contributed by atoms with E-state index >= 15 is 0 Å². The van der Waals surface area contributed by atoms with Gasteiger partial charge in [0.05, 0.1) is 17.7 Å². The SMILES string of the molecule is CC(CCCN(C)C)[C@H]1C(=O)N(Cc2cccc(F)c2)CC2N(C(=O)OCc3cc(C(F)(F)F)cc(C(F)(F)F)c3)CCC(=O)N21. The molecule has 46 heavy (non-hydrogen) atoms. The first-order valence-corrected chi connectivity index (χ1v) is 14.7. The Kier molecular flexibility index (Phi) is 10.5. The molecule has 2 aliphatic heterocycles. The number of fused-ring (bicyclic) bond motifs is 1. The van der Waals surface area contributed by atoms with E-state index in [1.807, 2.05) is 25.9 Å². The molecule has 0 bridgehead atoms. The summed E-state index contributed by atoms with van der Waals surface area (Å²) in [5.74, 6) is -1.63. The highest BCUT2D eigenvalue weighted by atomic mass is 19.4. The van der Waals surface area contributed by atoms with Crippen LogP contribution in [0, 0.1) is 11.7 Å². The Bertz CT molecular complexity index is 1400. The highest BCUT2D eigenvalue weighted by Gasteiger charge is 2.50. The van der Waals surface area contributed by atoms with Crippen LogP contribution in [0.15, 0.2) is 42.5 Å². The molecule has 2 saturated heterocycles. The third-order valence-corrected chi connectivity index (χ3v) is 8.09. The van der Waals surface area contributed by atoms with Crippen molar-refractivity contribution >= 4 is 17.9 Å². The van der Waals surface area contributed by atoms with Gasteiger partial charge in [0.25, 0.3) is 0 Å². The average Bonchev–Trinajstić information content (AvgIpc) is 2.95. The van der Waals surface area contributed by atoms with Gasteiger partial charge in [0.2, 0.25) is 11.8 Å². The van der Waals surface area contributed by atoms with Crippen molar-refractivity contribution in [3.05, 3.63) is 70.5 Å². The topological polar surface area (TPSA) is 73.4 Å². The number of carbonyl (C=O) groups is 3. The second kappa shape index (κ2) is 13.9. The Balaban J connectivity index is 1.61. The summed E-state index contributed by atoms with van der Waals surface area (Å²) >= 11 is 0. The number of hydrogen-bond donors (Lipinski definition) is 0. The minimum Gasteiger partial charge on any atom is -0.444 e. The molecule has 0 N–H and O–H groups in total. The molecule has 0 radical (unpaired) electrons. The first-order valence-electron chi connectivity index (χ1n) is 14.7. The normalized spacial score (nSPS) is 19.8. The summed E-state index contributed by atoms with van der Waals surface area (Å²) in [7, 11) is 3.79. The Labute approximate surface area is 261 Å². The van der Waals surface area contributed by atoms with Gasteiger partial charge in [0.1, 0.15) is 24.6 Å². The van der Waals surface area contributed by atoms with Crippen molar-refractivity contribution in [2.24, 2.45) is 5.92 Å². The van der Waals surface area contributed by atoms with Gasteiger partial charge < -0.3 is 19.4 Å². The number of amides is 3. The van der Waals surface area contributed by atoms with Gasteiger partial charge in [-0.15, -0.1) is 0 Å². The Morgan fingerprint density at radius 2 is 1.65 bits per heavy atom. The third kappa shape index (κ3) is 8.28. The zero-order valence-electron chi connectivity index (χ0n) is 25.5. The predicted octanol–water partition coefficient (Wildman–Crippen LogP) is 5.75. The minimum absolute atomic E-state index is 0.0223. The predicted molar refractivity (Wildman–Crippen MR) is 151 cm³/mol. The first-order chi connectivity index (χ1) is 21.5. The number of hydrogen-bond acceptors (Lipinski definition) is 5. The number of alkyl halides is 6. The van der Waals surface area contributed by atoms with Gasteiger partial charge in [-0.05, 0) is 80.9 Å². The van der Waals surface area contributed by atoms with Crippen molar-refractivity contribution in [2.75, 3.05) is 33.7 Å². The molecule has 0 aliphatic carbocycles. The van der Waals surface area contributed by atoms with E-state index in [4.69, 9.17) is 4.74 Å². The van der Waals surface area contributed by atoms with E-state index in [1.54, 1.807) is 6.07 Å². The molecule has 252 valence electrons. The van der Waals surface area contributed by atoms with E-state index in [2.05, 4.69) is 0 Å². The Morgan fingerprint density at radius 3 is 2.24 bits per heavy atom. The molecule has 4 rings (SSSR count). The molecular formula is C31H35F7N4O4. The molecule has 15 heteroatoms. The molecule has 8 nitrogen and oxygen atoms in total. The van der Waals surface area contributed by atoms with Gasteiger partial charge >= 0.3 is 18.4 Å². The molecule has 2 heterocycles. The molecule has 0 saturated carbocycles. The van der Waals surface area contributed by atoms with E-state index in [0.29, 0.717) is 30.5 Å². The highest BCUT2D eigenvalue weighted by Crippen LogP contribution is 2.37. The summed E-state index contributed by atoms with van der Waals surface area (Å²) in [6, 6.07) is 5.57. The van der Waals surface area contributed by atoms with Crippen LogP contribution in [-0.4, -0.2) is 83.4 Å². The Morgan fingerprint density at radius 1 is 1.00 bits per heavy atom. The summed E-state index contributed by atoms with van der Waals surface area (Å²) in [6.45, 7) is 1.29. The van der Waals surface area contributed by atoms with Gasteiger partial charge in [0.15, 0.2) is 0 Å². The Hall–Kier alpha value is -3.88. The zero-order chi connectivity index (χ0) is 34.0. The largest absolute Gasteiger partial charge is 0.444 e. The lowest BCUT2D eigenvalue weighted by Crippen LogP contribution is -2.72. The number of nitrogens with zero attached hydrogens (tertiary/aromatic N) is 4. The van der Waals surface area contributed by atoms with Crippen molar-refractivity contribution in [2.45, 2.75) is 63.9 Å². The number of piperazine rings is 1. The molecular weight excluding hydrogens is 625 g/mol. The first kappa shape index (κ1) is 35.0. The molecule has 2 fully saturated rings. The van der Waals surface area contributed by atoms with E-state index < -0.39 is 59.8 Å². The van der Waals surface area contributed by atoms with Crippen LogP contribution in [0.5, 0.6) is 0 Å². The van der Waals surface area contributed by atoms with Crippen molar-refractivity contribution in [1.82, 2.24) is 19.6 Å². The quantitative estimate of drug-likeness (QED) is 0.321. The fourth-order valence-electron chi connectivity index (χ4n) is 5.88. The van der Waals surface area contributed by atoms with E-state index in [1.165, 1.54) is 28.0 Å². The van der Waals surface area contributed by atoms with E-state index in [0.717, 1.165) is 11.4 Å². The lowest BCUT2D eigenvalue weighted by Gasteiger charge is -2.53. The van der Waals surface area contributed by atoms with E-state index in [-0.39, 0.29) is 49.9 Å². The number of ether oxygens (including phenoxy) is 1. The van der Waals surface area contributed by atoms with Crippen LogP contribution in [0.3, 0.4) is 0 Å². The lowest BCUT2D eigenvalue weighted by molar-refractivity contribution is -0.172. The van der Waals surface area contributed by atoms with E-state index in [9.17, 15) is 45.1 Å². The van der Waals surface area contributed by atoms with Crippen LogP contribution in [0.4, 0.5) is 35.5 Å². The smallest absolute Gasteiger partial charge is 0.416 e. The molecule has 3 atom stereocenters. The van der Waals surface area contributed by atoms with Crippen LogP contribution in [0.2, 0.25) is 0 Å². The maximum absolute atomic E-state index is 14.0. The number of halogens is 7. The van der Waals surface area contributed by atoms with Crippen molar-refractivity contribution in [1.29, 1.82) is 0 Å². The minimum atomic E-state index is -5.08. The molecule has 2 unspecified atom stereocenters. The summed E-state index contributed by atoms with van der Waals surface area (Å²) in [5.41, 5.74) is -3.15. The van der Waals surface area contributed by atoms with Crippen LogP contribution in [-0.2, 0) is 39.8 Å². The maximum Gasteiger partial charge on any atom is 0.416 e. The molecule has 3 amide bonds. The highest BCUT2D eigenvalue weighted by molar-refractivity contribution is 5.91. The second-order valence-corrected chi connectivity index (χ2v) is 11.9. The van der Waals surface area contributed by atoms with Crippen LogP contribution < -0.4 is 0 Å². The third-order valence-electron chi connectivity index (χ3n) is 8.09. The molecule has 2 aromatic rings. The summed E-state index contributed by atoms with van der Waals surface area (Å²) in [5, 5.41) is 0. The summed E-state index contributed by atoms with van der Waals surface area (Å²) in [6.07, 6.45) is -11.2. The van der Waals surface area contributed by atoms with Crippen LogP contribution >= 0.6 is 0 Å². The van der Waals surface area contributed by atoms with Gasteiger partial charge in [-0.1, -0.05) is 19.1 Å². The van der Waals surface area contributed by atoms with Crippen LogP contribution in [0.1, 0.15) is 48.4 Å². The fraction of sp³-hybridized carbons (Fsp3) is 0.516. The van der Waals surface area contributed by atoms with Gasteiger partial charge in [-0.3, -0.25) is 14.5 Å². The van der Waals surface area contributed by atoms with Crippen molar-refractivity contribution < 1.29 is 49.9 Å². The number of carbonyl (C=O) groups excluding carboxylic acids is 3. The summed E-state index contributed by atoms with van der Waals surface area (Å²) in [4.78, 5) is 46.4. The standard InChI is InChI=1S/C31H35F7N4O4/c1-19(6-5-10-39(2)3)27-28(44)40(16-20-7-4-8-24(32)14-20)17-25-41(11-9-26(43)42(25)27)29(45)46-18-21-12-22(30(33,34)35)15-23(13-21)31(36,37)38/h4,7-8,12-15,19,25,27H,5-6,9-11,16-18H2,1-3H3/t19?,25?,27-/m0/s1. The van der Waals surface area contributed by atoms with Gasteiger partial charge in [-0.2, -0.15) is 26.3 Å². The van der Waals surface area contributed by atoms with Crippen LogP contribution in [0.25, 0.3) is 0 Å². The number of rotatable bonds is 9. The summed E-state index contributed by atoms with van der Waals surface area (Å²) < 4.78 is 99.2. The zero-order valence-corrected chi connectivity index (χ0v) is 25.5.